The zero-order valence-corrected chi connectivity index (χ0v) is 9.51. The Labute approximate surface area is 91.1 Å². The minimum atomic E-state index is -0.787. The molecule has 14 heavy (non-hydrogen) atoms. The second kappa shape index (κ2) is 4.38. The van der Waals surface area contributed by atoms with Crippen LogP contribution in [0, 0.1) is 5.82 Å². The molecule has 78 valence electrons. The molecule has 0 amide bonds. The van der Waals surface area contributed by atoms with Crippen LogP contribution in [-0.2, 0) is 6.42 Å². The van der Waals surface area contributed by atoms with Crippen LogP contribution in [-0.4, -0.2) is 17.3 Å². The molecule has 1 unspecified atom stereocenters. The van der Waals surface area contributed by atoms with E-state index in [0.29, 0.717) is 16.5 Å². The Morgan fingerprint density at radius 1 is 1.57 bits per heavy atom. The number of nitrogens with two attached hydrogens (primary N) is 1. The first-order valence-electron chi connectivity index (χ1n) is 4.29. The molecule has 1 rings (SSSR count). The lowest BCUT2D eigenvalue weighted by molar-refractivity contribution is 0.207. The molecule has 0 aromatic heterocycles. The maximum atomic E-state index is 13.3. The molecule has 3 N–H and O–H groups in total. The number of benzene rings is 1. The predicted molar refractivity (Wildman–Crippen MR) is 57.5 cm³/mol. The maximum absolute atomic E-state index is 13.3. The molecule has 1 aromatic rings. The molecule has 4 heteroatoms. The lowest BCUT2D eigenvalue weighted by Gasteiger charge is -2.22. The highest BCUT2D eigenvalue weighted by molar-refractivity contribution is 9.10. The van der Waals surface area contributed by atoms with E-state index in [9.17, 15) is 4.39 Å². The number of hydrogen-bond acceptors (Lipinski definition) is 2. The van der Waals surface area contributed by atoms with Crippen LogP contribution in [0.3, 0.4) is 0 Å². The normalized spacial score (nSPS) is 15.2. The quantitative estimate of drug-likeness (QED) is 0.873. The average Bonchev–Trinajstić information content (AvgIpc) is 2.12. The highest BCUT2D eigenvalue weighted by Crippen LogP contribution is 2.23. The van der Waals surface area contributed by atoms with Gasteiger partial charge in [0.1, 0.15) is 5.82 Å². The molecule has 0 aliphatic rings. The van der Waals surface area contributed by atoms with Crippen molar-refractivity contribution >= 4 is 15.9 Å². The Morgan fingerprint density at radius 2 is 2.21 bits per heavy atom. The van der Waals surface area contributed by atoms with Crippen molar-refractivity contribution in [1.82, 2.24) is 0 Å². The van der Waals surface area contributed by atoms with Crippen molar-refractivity contribution in [3.05, 3.63) is 34.1 Å². The fourth-order valence-electron chi connectivity index (χ4n) is 1.16. The summed E-state index contributed by atoms with van der Waals surface area (Å²) >= 11 is 3.25. The Hall–Kier alpha value is -0.450. The molecular formula is C10H13BrFNO. The van der Waals surface area contributed by atoms with Crippen LogP contribution in [0.25, 0.3) is 0 Å². The molecule has 2 nitrogen and oxygen atoms in total. The van der Waals surface area contributed by atoms with Crippen LogP contribution in [0.2, 0.25) is 0 Å². The Bertz CT molecular complexity index is 308. The van der Waals surface area contributed by atoms with Gasteiger partial charge in [-0.15, -0.1) is 0 Å². The van der Waals surface area contributed by atoms with Gasteiger partial charge in [-0.25, -0.2) is 4.39 Å². The first kappa shape index (κ1) is 11.6. The number of rotatable bonds is 3. The van der Waals surface area contributed by atoms with E-state index in [4.69, 9.17) is 10.8 Å². The summed E-state index contributed by atoms with van der Waals surface area (Å²) in [6.45, 7) is 1.51. The van der Waals surface area contributed by atoms with Crippen LogP contribution < -0.4 is 5.73 Å². The van der Waals surface area contributed by atoms with Gasteiger partial charge < -0.3 is 10.8 Å². The van der Waals surface area contributed by atoms with Crippen molar-refractivity contribution in [1.29, 1.82) is 0 Å². The van der Waals surface area contributed by atoms with Gasteiger partial charge in [-0.3, -0.25) is 0 Å². The Kier molecular flexibility index (Phi) is 3.64. The third-order valence-corrected chi connectivity index (χ3v) is 2.75. The van der Waals surface area contributed by atoms with E-state index in [1.165, 1.54) is 6.07 Å². The molecule has 1 atom stereocenters. The van der Waals surface area contributed by atoms with E-state index in [2.05, 4.69) is 15.9 Å². The first-order chi connectivity index (χ1) is 6.46. The van der Waals surface area contributed by atoms with E-state index < -0.39 is 5.54 Å². The van der Waals surface area contributed by atoms with Gasteiger partial charge in [-0.2, -0.15) is 0 Å². The van der Waals surface area contributed by atoms with E-state index in [-0.39, 0.29) is 12.4 Å². The largest absolute Gasteiger partial charge is 0.394 e. The summed E-state index contributed by atoms with van der Waals surface area (Å²) in [4.78, 5) is 0. The summed E-state index contributed by atoms with van der Waals surface area (Å²) in [6, 6.07) is 4.76. The molecule has 0 fully saturated rings. The van der Waals surface area contributed by atoms with E-state index in [0.717, 1.165) is 0 Å². The molecule has 0 saturated heterocycles. The third-order valence-electron chi connectivity index (χ3n) is 2.00. The van der Waals surface area contributed by atoms with Crippen molar-refractivity contribution in [3.63, 3.8) is 0 Å². The zero-order valence-electron chi connectivity index (χ0n) is 7.93. The van der Waals surface area contributed by atoms with Gasteiger partial charge in [-0.1, -0.05) is 22.0 Å². The van der Waals surface area contributed by atoms with Crippen molar-refractivity contribution in [2.24, 2.45) is 5.73 Å². The topological polar surface area (TPSA) is 46.2 Å². The Balaban J connectivity index is 2.97. The van der Waals surface area contributed by atoms with Gasteiger partial charge >= 0.3 is 0 Å². The molecule has 0 saturated carbocycles. The number of hydrogen-bond donors (Lipinski definition) is 2. The average molecular weight is 262 g/mol. The number of halogens is 2. The van der Waals surface area contributed by atoms with E-state index >= 15 is 0 Å². The molecule has 0 radical (unpaired) electrons. The molecule has 0 heterocycles. The van der Waals surface area contributed by atoms with Gasteiger partial charge in [0.15, 0.2) is 0 Å². The van der Waals surface area contributed by atoms with Crippen LogP contribution in [0.4, 0.5) is 4.39 Å². The maximum Gasteiger partial charge on any atom is 0.127 e. The summed E-state index contributed by atoms with van der Waals surface area (Å²) in [7, 11) is 0. The summed E-state index contributed by atoms with van der Waals surface area (Å²) in [5.41, 5.74) is 5.47. The smallest absolute Gasteiger partial charge is 0.127 e. The fourth-order valence-corrected chi connectivity index (χ4v) is 1.64. The third kappa shape index (κ3) is 2.77. The Morgan fingerprint density at radius 3 is 2.71 bits per heavy atom. The number of aliphatic hydroxyl groups excluding tert-OH is 1. The summed E-state index contributed by atoms with van der Waals surface area (Å²) in [5, 5.41) is 8.97. The SMILES string of the molecule is CC(N)(CO)Cc1c(F)cccc1Br. The van der Waals surface area contributed by atoms with Crippen molar-refractivity contribution in [3.8, 4) is 0 Å². The predicted octanol–water partition coefficient (Wildman–Crippen LogP) is 1.84. The van der Waals surface area contributed by atoms with Gasteiger partial charge in [0.05, 0.1) is 6.61 Å². The van der Waals surface area contributed by atoms with Crippen LogP contribution >= 0.6 is 15.9 Å². The molecule has 0 aliphatic carbocycles. The van der Waals surface area contributed by atoms with Crippen molar-refractivity contribution < 1.29 is 9.50 Å². The number of aliphatic hydroxyl groups is 1. The highest BCUT2D eigenvalue weighted by Gasteiger charge is 2.21. The summed E-state index contributed by atoms with van der Waals surface area (Å²) in [5.74, 6) is -0.301. The molecule has 0 aliphatic heterocycles. The molecule has 0 bridgehead atoms. The second-order valence-electron chi connectivity index (χ2n) is 3.69. The van der Waals surface area contributed by atoms with Crippen LogP contribution in [0.15, 0.2) is 22.7 Å². The minimum absolute atomic E-state index is 0.173. The van der Waals surface area contributed by atoms with Gasteiger partial charge in [0.2, 0.25) is 0 Å². The van der Waals surface area contributed by atoms with Crippen LogP contribution in [0.5, 0.6) is 0 Å². The lowest BCUT2D eigenvalue weighted by atomic mass is 9.95. The van der Waals surface area contributed by atoms with Gasteiger partial charge in [0, 0.05) is 15.6 Å². The monoisotopic (exact) mass is 261 g/mol. The standard InChI is InChI=1S/C10H13BrFNO/c1-10(13,6-14)5-7-8(11)3-2-4-9(7)12/h2-4,14H,5-6,13H2,1H3. The summed E-state index contributed by atoms with van der Waals surface area (Å²) < 4.78 is 14.0. The van der Waals surface area contributed by atoms with Crippen molar-refractivity contribution in [2.75, 3.05) is 6.61 Å². The summed E-state index contributed by atoms with van der Waals surface area (Å²) in [6.07, 6.45) is 0.302. The lowest BCUT2D eigenvalue weighted by Crippen LogP contribution is -2.42. The minimum Gasteiger partial charge on any atom is -0.394 e. The van der Waals surface area contributed by atoms with Gasteiger partial charge in [0.25, 0.3) is 0 Å². The second-order valence-corrected chi connectivity index (χ2v) is 4.54. The van der Waals surface area contributed by atoms with Crippen LogP contribution in [0.1, 0.15) is 12.5 Å². The highest BCUT2D eigenvalue weighted by atomic mass is 79.9. The zero-order chi connectivity index (χ0) is 10.8. The van der Waals surface area contributed by atoms with Crippen molar-refractivity contribution in [2.45, 2.75) is 18.9 Å². The van der Waals surface area contributed by atoms with E-state index in [1.54, 1.807) is 19.1 Å². The first-order valence-corrected chi connectivity index (χ1v) is 5.08. The fraction of sp³-hybridized carbons (Fsp3) is 0.400. The molecule has 0 spiro atoms. The van der Waals surface area contributed by atoms with E-state index in [1.807, 2.05) is 0 Å². The van der Waals surface area contributed by atoms with Gasteiger partial charge in [-0.05, 0) is 25.5 Å². The molecular weight excluding hydrogens is 249 g/mol. The molecule has 1 aromatic carbocycles.